The second kappa shape index (κ2) is 11.5. The molecule has 3 N–H and O–H groups in total. The van der Waals surface area contributed by atoms with Gasteiger partial charge in [-0.1, -0.05) is 23.7 Å². The summed E-state index contributed by atoms with van der Waals surface area (Å²) in [7, 11) is -2.19. The Bertz CT molecular complexity index is 1270. The van der Waals surface area contributed by atoms with Crippen LogP contribution in [-0.4, -0.2) is 33.6 Å². The summed E-state index contributed by atoms with van der Waals surface area (Å²) in [4.78, 5) is 23.8. The number of carbonyl (C=O) groups is 2. The van der Waals surface area contributed by atoms with Gasteiger partial charge in [0.25, 0.3) is 0 Å². The SMILES string of the molecule is COc1ccc(CNC(=O)C(=O)NN=Cc2ccc(CNS(=O)(=O)c3ccc(Cl)cc3)o2)cc1. The van der Waals surface area contributed by atoms with Crippen LogP contribution in [0.3, 0.4) is 0 Å². The van der Waals surface area contributed by atoms with Crippen LogP contribution in [0.5, 0.6) is 5.75 Å². The lowest BCUT2D eigenvalue weighted by Crippen LogP contribution is -2.37. The normalized spacial score (nSPS) is 11.4. The Morgan fingerprint density at radius 2 is 1.71 bits per heavy atom. The molecule has 0 aliphatic rings. The van der Waals surface area contributed by atoms with Crippen LogP contribution in [0.15, 0.2) is 75.1 Å². The zero-order valence-corrected chi connectivity index (χ0v) is 19.5. The van der Waals surface area contributed by atoms with E-state index in [1.807, 2.05) is 0 Å². The summed E-state index contributed by atoms with van der Waals surface area (Å²) in [5.41, 5.74) is 2.89. The third-order valence-electron chi connectivity index (χ3n) is 4.42. The number of amides is 2. The highest BCUT2D eigenvalue weighted by atomic mass is 35.5. The maximum absolute atomic E-state index is 12.3. The van der Waals surface area contributed by atoms with E-state index >= 15 is 0 Å². The second-order valence-corrected chi connectivity index (χ2v) is 9.02. The number of halogens is 1. The average molecular weight is 505 g/mol. The van der Waals surface area contributed by atoms with Gasteiger partial charge in [0, 0.05) is 11.6 Å². The Labute approximate surface area is 201 Å². The fraction of sp³-hybridized carbons (Fsp3) is 0.136. The molecule has 0 unspecified atom stereocenters. The molecule has 0 spiro atoms. The van der Waals surface area contributed by atoms with E-state index in [0.29, 0.717) is 16.5 Å². The highest BCUT2D eigenvalue weighted by molar-refractivity contribution is 7.89. The number of carbonyl (C=O) groups excluding carboxylic acids is 2. The highest BCUT2D eigenvalue weighted by Crippen LogP contribution is 2.15. The zero-order valence-electron chi connectivity index (χ0n) is 17.9. The molecule has 0 fully saturated rings. The van der Waals surface area contributed by atoms with E-state index in [4.69, 9.17) is 20.8 Å². The van der Waals surface area contributed by atoms with Crippen LogP contribution >= 0.6 is 11.6 Å². The maximum Gasteiger partial charge on any atom is 0.329 e. The minimum absolute atomic E-state index is 0.0678. The van der Waals surface area contributed by atoms with E-state index in [-0.39, 0.29) is 23.7 Å². The molecule has 34 heavy (non-hydrogen) atoms. The number of hydrogen-bond donors (Lipinski definition) is 3. The largest absolute Gasteiger partial charge is 0.497 e. The van der Waals surface area contributed by atoms with Gasteiger partial charge in [0.2, 0.25) is 10.0 Å². The molecule has 1 aromatic heterocycles. The number of nitrogens with zero attached hydrogens (tertiary/aromatic N) is 1. The van der Waals surface area contributed by atoms with Gasteiger partial charge in [-0.2, -0.15) is 5.10 Å². The molecule has 12 heteroatoms. The van der Waals surface area contributed by atoms with Gasteiger partial charge in [0.15, 0.2) is 0 Å². The van der Waals surface area contributed by atoms with Crippen molar-refractivity contribution in [1.29, 1.82) is 0 Å². The molecular formula is C22H21ClN4O6S. The van der Waals surface area contributed by atoms with Crippen molar-refractivity contribution in [3.63, 3.8) is 0 Å². The van der Waals surface area contributed by atoms with Crippen molar-refractivity contribution in [3.05, 3.63) is 82.8 Å². The Kier molecular flexibility index (Phi) is 8.41. The van der Waals surface area contributed by atoms with Gasteiger partial charge in [-0.05, 0) is 54.1 Å². The number of furan rings is 1. The summed E-state index contributed by atoms with van der Waals surface area (Å²) in [6.45, 7) is 0.0619. The third kappa shape index (κ3) is 7.17. The Hall–Kier alpha value is -3.67. The van der Waals surface area contributed by atoms with Gasteiger partial charge in [-0.3, -0.25) is 9.59 Å². The number of nitrogens with one attached hydrogen (secondary N) is 3. The Morgan fingerprint density at radius 3 is 2.38 bits per heavy atom. The molecule has 2 aromatic carbocycles. The molecule has 178 valence electrons. The standard InChI is InChI=1S/C22H21ClN4O6S/c1-32-17-6-2-15(3-7-17)12-24-21(28)22(29)27-25-13-18-8-9-19(33-18)14-26-34(30,31)20-10-4-16(23)5-11-20/h2-11,13,26H,12,14H2,1H3,(H,24,28)(H,27,29). The number of sulfonamides is 1. The van der Waals surface area contributed by atoms with Crippen LogP contribution in [-0.2, 0) is 32.7 Å². The molecule has 0 bridgehead atoms. The molecule has 0 aliphatic carbocycles. The fourth-order valence-electron chi connectivity index (χ4n) is 2.63. The molecule has 0 radical (unpaired) electrons. The lowest BCUT2D eigenvalue weighted by molar-refractivity contribution is -0.139. The van der Waals surface area contributed by atoms with Crippen molar-refractivity contribution in [1.82, 2.24) is 15.5 Å². The molecule has 0 saturated heterocycles. The average Bonchev–Trinajstić information content (AvgIpc) is 3.29. The number of methoxy groups -OCH3 is 1. The first-order valence-corrected chi connectivity index (χ1v) is 11.7. The number of benzene rings is 2. The van der Waals surface area contributed by atoms with E-state index in [1.54, 1.807) is 37.4 Å². The van der Waals surface area contributed by atoms with Crippen molar-refractivity contribution in [2.45, 2.75) is 18.0 Å². The first-order chi connectivity index (χ1) is 16.3. The zero-order chi connectivity index (χ0) is 24.6. The molecule has 0 atom stereocenters. The highest BCUT2D eigenvalue weighted by Gasteiger charge is 2.15. The van der Waals surface area contributed by atoms with E-state index in [0.717, 1.165) is 5.56 Å². The van der Waals surface area contributed by atoms with Crippen LogP contribution in [0.25, 0.3) is 0 Å². The van der Waals surface area contributed by atoms with Gasteiger partial charge in [-0.25, -0.2) is 18.6 Å². The predicted molar refractivity (Wildman–Crippen MR) is 125 cm³/mol. The second-order valence-electron chi connectivity index (χ2n) is 6.81. The Balaban J connectivity index is 1.45. The molecule has 3 rings (SSSR count). The molecule has 0 saturated carbocycles. The first kappa shape index (κ1) is 25.0. The monoisotopic (exact) mass is 504 g/mol. The van der Waals surface area contributed by atoms with Crippen molar-refractivity contribution < 1.29 is 27.2 Å². The fourth-order valence-corrected chi connectivity index (χ4v) is 3.75. The molecular weight excluding hydrogens is 484 g/mol. The Morgan fingerprint density at radius 1 is 1.00 bits per heavy atom. The molecule has 10 nitrogen and oxygen atoms in total. The summed E-state index contributed by atoms with van der Waals surface area (Å²) in [6, 6.07) is 15.8. The van der Waals surface area contributed by atoms with E-state index in [1.165, 1.54) is 36.5 Å². The number of hydrogen-bond acceptors (Lipinski definition) is 7. The molecule has 3 aromatic rings. The van der Waals surface area contributed by atoms with E-state index < -0.39 is 21.8 Å². The van der Waals surface area contributed by atoms with Gasteiger partial charge < -0.3 is 14.5 Å². The van der Waals surface area contributed by atoms with Crippen molar-refractivity contribution in [2.75, 3.05) is 7.11 Å². The maximum atomic E-state index is 12.3. The van der Waals surface area contributed by atoms with Gasteiger partial charge in [-0.15, -0.1) is 0 Å². The van der Waals surface area contributed by atoms with Crippen LogP contribution in [0.4, 0.5) is 0 Å². The van der Waals surface area contributed by atoms with Crippen molar-refractivity contribution in [2.24, 2.45) is 5.10 Å². The lowest BCUT2D eigenvalue weighted by Gasteiger charge is -2.05. The predicted octanol–water partition coefficient (Wildman–Crippen LogP) is 2.19. The third-order valence-corrected chi connectivity index (χ3v) is 6.09. The van der Waals surface area contributed by atoms with E-state index in [9.17, 15) is 18.0 Å². The number of ether oxygens (including phenoxy) is 1. The van der Waals surface area contributed by atoms with Crippen LogP contribution < -0.4 is 20.2 Å². The lowest BCUT2D eigenvalue weighted by atomic mass is 10.2. The minimum atomic E-state index is -3.74. The topological polar surface area (TPSA) is 139 Å². The summed E-state index contributed by atoms with van der Waals surface area (Å²) >= 11 is 5.77. The van der Waals surface area contributed by atoms with Crippen LogP contribution in [0.2, 0.25) is 5.02 Å². The number of hydrazone groups is 1. The van der Waals surface area contributed by atoms with Gasteiger partial charge in [0.1, 0.15) is 17.3 Å². The molecule has 0 aliphatic heterocycles. The van der Waals surface area contributed by atoms with Crippen LogP contribution in [0.1, 0.15) is 17.1 Å². The minimum Gasteiger partial charge on any atom is -0.497 e. The van der Waals surface area contributed by atoms with Crippen LogP contribution in [0, 0.1) is 0 Å². The van der Waals surface area contributed by atoms with Crippen molar-refractivity contribution in [3.8, 4) is 5.75 Å². The van der Waals surface area contributed by atoms with Crippen molar-refractivity contribution >= 4 is 39.7 Å². The quantitative estimate of drug-likeness (QED) is 0.232. The van der Waals surface area contributed by atoms with E-state index in [2.05, 4.69) is 20.6 Å². The van der Waals surface area contributed by atoms with Gasteiger partial charge >= 0.3 is 11.8 Å². The molecule has 1 heterocycles. The summed E-state index contributed by atoms with van der Waals surface area (Å²) in [5, 5.41) is 6.57. The summed E-state index contributed by atoms with van der Waals surface area (Å²) in [5.74, 6) is -0.554. The number of rotatable bonds is 9. The first-order valence-electron chi connectivity index (χ1n) is 9.85. The summed E-state index contributed by atoms with van der Waals surface area (Å²) in [6.07, 6.45) is 1.19. The summed E-state index contributed by atoms with van der Waals surface area (Å²) < 4.78 is 37.5. The smallest absolute Gasteiger partial charge is 0.329 e. The molecule has 2 amide bonds. The van der Waals surface area contributed by atoms with Gasteiger partial charge in [0.05, 0.1) is 24.8 Å².